The number of ether oxygens (including phenoxy) is 1. The van der Waals surface area contributed by atoms with Gasteiger partial charge >= 0.3 is 6.03 Å². The Balaban J connectivity index is 1.33. The molecule has 5 heteroatoms. The monoisotopic (exact) mass is 347 g/mol. The van der Waals surface area contributed by atoms with Crippen LogP contribution in [0.4, 0.5) is 4.79 Å². The molecule has 0 aromatic heterocycles. The van der Waals surface area contributed by atoms with E-state index in [9.17, 15) is 4.79 Å². The van der Waals surface area contributed by atoms with Gasteiger partial charge in [-0.05, 0) is 29.2 Å². The van der Waals surface area contributed by atoms with Crippen molar-refractivity contribution < 1.29 is 9.53 Å². The van der Waals surface area contributed by atoms with E-state index in [1.807, 2.05) is 12.1 Å². The van der Waals surface area contributed by atoms with Crippen molar-refractivity contribution in [2.24, 2.45) is 4.99 Å². The summed E-state index contributed by atoms with van der Waals surface area (Å²) in [6, 6.07) is 16.7. The smallest absolute Gasteiger partial charge is 0.321 e. The maximum absolute atomic E-state index is 12.1. The molecular weight excluding hydrogens is 326 g/mol. The lowest BCUT2D eigenvalue weighted by atomic mass is 10.0. The lowest BCUT2D eigenvalue weighted by molar-refractivity contribution is 0.200. The second-order valence-corrected chi connectivity index (χ2v) is 6.52. The molecule has 2 aliphatic heterocycles. The first kappa shape index (κ1) is 16.4. The van der Waals surface area contributed by atoms with Crippen molar-refractivity contribution in [3.63, 3.8) is 0 Å². The molecule has 2 amide bonds. The SMILES string of the molecule is O=C(NCC1Cc2cc(Cc3ccccc3)ccc2O1)N1C=CN=CC1. The number of hydrogen-bond donors (Lipinski definition) is 1. The van der Waals surface area contributed by atoms with Gasteiger partial charge in [0.1, 0.15) is 11.9 Å². The van der Waals surface area contributed by atoms with Crippen LogP contribution in [0.5, 0.6) is 5.75 Å². The Kier molecular flexibility index (Phi) is 4.69. The van der Waals surface area contributed by atoms with Gasteiger partial charge in [-0.2, -0.15) is 0 Å². The zero-order chi connectivity index (χ0) is 17.8. The van der Waals surface area contributed by atoms with Gasteiger partial charge in [-0.1, -0.05) is 42.5 Å². The van der Waals surface area contributed by atoms with Gasteiger partial charge in [0.25, 0.3) is 0 Å². The molecule has 4 rings (SSSR count). The fourth-order valence-electron chi connectivity index (χ4n) is 3.26. The minimum atomic E-state index is -0.128. The number of amides is 2. The number of carbonyl (C=O) groups is 1. The quantitative estimate of drug-likeness (QED) is 0.924. The minimum Gasteiger partial charge on any atom is -0.488 e. The molecule has 0 saturated heterocycles. The Bertz CT molecular complexity index is 846. The van der Waals surface area contributed by atoms with E-state index in [-0.39, 0.29) is 12.1 Å². The highest BCUT2D eigenvalue weighted by Crippen LogP contribution is 2.30. The summed E-state index contributed by atoms with van der Waals surface area (Å²) in [4.78, 5) is 17.7. The van der Waals surface area contributed by atoms with Crippen LogP contribution in [0.2, 0.25) is 0 Å². The predicted octanol–water partition coefficient (Wildman–Crippen LogP) is 3.15. The maximum atomic E-state index is 12.1. The van der Waals surface area contributed by atoms with Crippen LogP contribution in [0.25, 0.3) is 0 Å². The standard InChI is InChI=1S/C21H21N3O2/c25-21(24-10-8-22-9-11-24)23-15-19-14-18-13-17(6-7-20(18)26-19)12-16-4-2-1-3-5-16/h1-10,13,19H,11-12,14-15H2,(H,23,25). The summed E-state index contributed by atoms with van der Waals surface area (Å²) in [6.45, 7) is 0.986. The van der Waals surface area contributed by atoms with Gasteiger partial charge in [0, 0.05) is 25.0 Å². The van der Waals surface area contributed by atoms with Crippen molar-refractivity contribution in [3.05, 3.63) is 77.6 Å². The van der Waals surface area contributed by atoms with E-state index in [2.05, 4.69) is 46.7 Å². The molecule has 5 nitrogen and oxygen atoms in total. The highest BCUT2D eigenvalue weighted by atomic mass is 16.5. The number of urea groups is 1. The maximum Gasteiger partial charge on any atom is 0.321 e. The fraction of sp³-hybridized carbons (Fsp3) is 0.238. The molecule has 0 saturated carbocycles. The Morgan fingerprint density at radius 2 is 2.08 bits per heavy atom. The van der Waals surface area contributed by atoms with Crippen molar-refractivity contribution in [3.8, 4) is 5.75 Å². The summed E-state index contributed by atoms with van der Waals surface area (Å²) in [5.41, 5.74) is 3.79. The summed E-state index contributed by atoms with van der Waals surface area (Å²) in [5.74, 6) is 0.922. The van der Waals surface area contributed by atoms with E-state index in [0.29, 0.717) is 13.1 Å². The number of nitrogens with zero attached hydrogens (tertiary/aromatic N) is 2. The molecular formula is C21H21N3O2. The van der Waals surface area contributed by atoms with Crippen LogP contribution >= 0.6 is 0 Å². The molecule has 0 radical (unpaired) electrons. The lowest BCUT2D eigenvalue weighted by Gasteiger charge is -2.19. The normalized spacial score (nSPS) is 17.7. The summed E-state index contributed by atoms with van der Waals surface area (Å²) in [5, 5.41) is 2.93. The Morgan fingerprint density at radius 1 is 1.19 bits per heavy atom. The van der Waals surface area contributed by atoms with Crippen molar-refractivity contribution in [2.45, 2.75) is 18.9 Å². The number of aliphatic imine (C=N–C) groups is 1. The first-order chi connectivity index (χ1) is 12.8. The van der Waals surface area contributed by atoms with Crippen LogP contribution in [-0.2, 0) is 12.8 Å². The number of rotatable bonds is 4. The fourth-order valence-corrected chi connectivity index (χ4v) is 3.26. The van der Waals surface area contributed by atoms with Crippen LogP contribution in [0.15, 0.2) is 65.9 Å². The highest BCUT2D eigenvalue weighted by Gasteiger charge is 2.24. The predicted molar refractivity (Wildman–Crippen MR) is 102 cm³/mol. The number of benzene rings is 2. The summed E-state index contributed by atoms with van der Waals surface area (Å²) < 4.78 is 5.97. The molecule has 26 heavy (non-hydrogen) atoms. The number of carbonyl (C=O) groups excluding carboxylic acids is 1. The molecule has 0 spiro atoms. The van der Waals surface area contributed by atoms with Gasteiger partial charge in [0.2, 0.25) is 0 Å². The van der Waals surface area contributed by atoms with Gasteiger partial charge in [-0.15, -0.1) is 0 Å². The first-order valence-corrected chi connectivity index (χ1v) is 8.83. The summed E-state index contributed by atoms with van der Waals surface area (Å²) in [6.07, 6.45) is 6.70. The van der Waals surface area contributed by atoms with Crippen molar-refractivity contribution in [1.82, 2.24) is 10.2 Å². The molecule has 1 N–H and O–H groups in total. The van der Waals surface area contributed by atoms with Gasteiger partial charge in [0.05, 0.1) is 13.1 Å². The molecule has 1 unspecified atom stereocenters. The second-order valence-electron chi connectivity index (χ2n) is 6.52. The molecule has 2 heterocycles. The van der Waals surface area contributed by atoms with Crippen LogP contribution < -0.4 is 10.1 Å². The number of fused-ring (bicyclic) bond motifs is 1. The molecule has 0 aliphatic carbocycles. The third-order valence-corrected chi connectivity index (χ3v) is 4.58. The molecule has 132 valence electrons. The molecule has 0 bridgehead atoms. The first-order valence-electron chi connectivity index (χ1n) is 8.83. The van der Waals surface area contributed by atoms with Crippen LogP contribution in [-0.4, -0.2) is 36.3 Å². The zero-order valence-corrected chi connectivity index (χ0v) is 14.5. The van der Waals surface area contributed by atoms with Gasteiger partial charge in [-0.25, -0.2) is 4.79 Å². The molecule has 2 aromatic rings. The minimum absolute atomic E-state index is 0.0247. The van der Waals surface area contributed by atoms with Crippen molar-refractivity contribution in [2.75, 3.05) is 13.1 Å². The Hall–Kier alpha value is -3.08. The molecule has 1 atom stereocenters. The van der Waals surface area contributed by atoms with Gasteiger partial charge in [-0.3, -0.25) is 9.89 Å². The average Bonchev–Trinajstić information content (AvgIpc) is 3.10. The highest BCUT2D eigenvalue weighted by molar-refractivity contribution is 5.79. The van der Waals surface area contributed by atoms with E-state index in [0.717, 1.165) is 18.6 Å². The number of hydrogen-bond acceptors (Lipinski definition) is 3. The molecule has 0 fully saturated rings. The Labute approximate surface area is 153 Å². The van der Waals surface area contributed by atoms with Gasteiger partial charge < -0.3 is 10.1 Å². The third-order valence-electron chi connectivity index (χ3n) is 4.58. The van der Waals surface area contributed by atoms with Crippen LogP contribution in [0, 0.1) is 0 Å². The van der Waals surface area contributed by atoms with E-state index < -0.39 is 0 Å². The van der Waals surface area contributed by atoms with E-state index in [4.69, 9.17) is 4.74 Å². The Morgan fingerprint density at radius 3 is 2.88 bits per heavy atom. The van der Waals surface area contributed by atoms with Gasteiger partial charge in [0.15, 0.2) is 0 Å². The van der Waals surface area contributed by atoms with Crippen molar-refractivity contribution in [1.29, 1.82) is 0 Å². The van der Waals surface area contributed by atoms with Crippen molar-refractivity contribution >= 4 is 12.2 Å². The molecule has 2 aliphatic rings. The van der Waals surface area contributed by atoms with E-state index in [1.165, 1.54) is 16.7 Å². The topological polar surface area (TPSA) is 53.9 Å². The average molecular weight is 347 g/mol. The van der Waals surface area contributed by atoms with Crippen LogP contribution in [0.1, 0.15) is 16.7 Å². The lowest BCUT2D eigenvalue weighted by Crippen LogP contribution is -2.42. The zero-order valence-electron chi connectivity index (χ0n) is 14.5. The largest absolute Gasteiger partial charge is 0.488 e. The van der Waals surface area contributed by atoms with E-state index >= 15 is 0 Å². The summed E-state index contributed by atoms with van der Waals surface area (Å²) in [7, 11) is 0. The van der Waals surface area contributed by atoms with E-state index in [1.54, 1.807) is 23.5 Å². The number of nitrogens with one attached hydrogen (secondary N) is 1. The second kappa shape index (κ2) is 7.44. The summed E-state index contributed by atoms with van der Waals surface area (Å²) >= 11 is 0. The third kappa shape index (κ3) is 3.77. The van der Waals surface area contributed by atoms with Crippen LogP contribution in [0.3, 0.4) is 0 Å². The molecule has 2 aromatic carbocycles.